The Hall–Kier alpha value is -5.46. The number of benzene rings is 2. The number of carbonyl (C=O) groups is 5. The van der Waals surface area contributed by atoms with Crippen LogP contribution >= 0.6 is 0 Å². The summed E-state index contributed by atoms with van der Waals surface area (Å²) in [6.07, 6.45) is 2.66. The van der Waals surface area contributed by atoms with Gasteiger partial charge in [0, 0.05) is 24.2 Å². The number of likely N-dealkylation sites (tertiary alicyclic amines) is 1. The third kappa shape index (κ3) is 13.1. The number of hydrogen-bond acceptors (Lipinski definition) is 11. The number of carbonyl (C=O) groups excluding carboxylic acids is 1. The van der Waals surface area contributed by atoms with E-state index in [1.165, 1.54) is 12.1 Å². The van der Waals surface area contributed by atoms with Gasteiger partial charge in [0.15, 0.2) is 0 Å². The van der Waals surface area contributed by atoms with Crippen molar-refractivity contribution in [2.24, 2.45) is 0 Å². The highest BCUT2D eigenvalue weighted by atomic mass is 19.3. The summed E-state index contributed by atoms with van der Waals surface area (Å²) in [5.41, 5.74) is 1.82. The number of amides is 1. The number of carboxylic acid groups (broad SMARTS) is 4. The number of aliphatic hydroxyl groups is 1. The van der Waals surface area contributed by atoms with Gasteiger partial charge < -0.3 is 50.5 Å². The smallest absolute Gasteiger partial charge is 0.414 e. The number of pyridine rings is 1. The topological polar surface area (TPSA) is 245 Å². The average molecular weight is 681 g/mol. The highest BCUT2D eigenvalue weighted by Gasteiger charge is 2.23. The maximum atomic E-state index is 12.6. The molecule has 2 heterocycles. The number of rotatable bonds is 10. The van der Waals surface area contributed by atoms with E-state index in [0.29, 0.717) is 12.3 Å². The molecule has 1 atom stereocenters. The number of ether oxygens (including phenoxy) is 2. The summed E-state index contributed by atoms with van der Waals surface area (Å²) < 4.78 is 34.9. The van der Waals surface area contributed by atoms with Crippen molar-refractivity contribution >= 4 is 46.4 Å². The van der Waals surface area contributed by atoms with E-state index in [9.17, 15) is 18.7 Å². The number of aromatic nitrogens is 1. The molecule has 0 saturated carbocycles. The quantitative estimate of drug-likeness (QED) is 0.151. The first-order valence-corrected chi connectivity index (χ1v) is 14.0. The Labute approximate surface area is 271 Å². The van der Waals surface area contributed by atoms with E-state index in [2.05, 4.69) is 25.3 Å². The SMILES string of the molecule is COc1ccc2nccc([C@@H](O)CN3CCC(NCC(=O)Nc4ccccc4OC(F)F)CC3)c2c1.O=C(O)C(=O)O.O=C(O)C(=O)O. The molecule has 1 aliphatic heterocycles. The molecule has 260 valence electrons. The molecule has 0 unspecified atom stereocenters. The summed E-state index contributed by atoms with van der Waals surface area (Å²) in [7, 11) is 1.61. The summed E-state index contributed by atoms with van der Waals surface area (Å²) in [4.78, 5) is 55.3. The van der Waals surface area contributed by atoms with Crippen LogP contribution in [-0.2, 0) is 24.0 Å². The molecule has 1 amide bonds. The van der Waals surface area contributed by atoms with Crippen molar-refractivity contribution in [1.82, 2.24) is 15.2 Å². The molecule has 0 aliphatic carbocycles. The fourth-order valence-electron chi connectivity index (χ4n) is 4.43. The second-order valence-electron chi connectivity index (χ2n) is 9.90. The van der Waals surface area contributed by atoms with Gasteiger partial charge in [-0.15, -0.1) is 0 Å². The van der Waals surface area contributed by atoms with Crippen LogP contribution in [0.15, 0.2) is 54.7 Å². The molecule has 4 rings (SSSR count). The summed E-state index contributed by atoms with van der Waals surface area (Å²) in [6, 6.07) is 13.7. The predicted molar refractivity (Wildman–Crippen MR) is 163 cm³/mol. The molecule has 1 fully saturated rings. The molecule has 18 heteroatoms. The number of para-hydroxylation sites is 2. The molecule has 16 nitrogen and oxygen atoms in total. The van der Waals surface area contributed by atoms with Gasteiger partial charge in [-0.1, -0.05) is 12.1 Å². The van der Waals surface area contributed by atoms with Crippen LogP contribution in [0.4, 0.5) is 14.5 Å². The number of halogens is 2. The molecule has 0 spiro atoms. The maximum absolute atomic E-state index is 12.6. The summed E-state index contributed by atoms with van der Waals surface area (Å²) in [5.74, 6) is -6.99. The van der Waals surface area contributed by atoms with Crippen LogP contribution < -0.4 is 20.1 Å². The lowest BCUT2D eigenvalue weighted by molar-refractivity contribution is -0.159. The van der Waals surface area contributed by atoms with E-state index < -0.39 is 36.6 Å². The first-order chi connectivity index (χ1) is 22.7. The Bertz CT molecular complexity index is 1520. The monoisotopic (exact) mass is 680 g/mol. The average Bonchev–Trinajstić information content (AvgIpc) is 3.05. The molecule has 7 N–H and O–H groups in total. The fraction of sp³-hybridized carbons (Fsp3) is 0.333. The van der Waals surface area contributed by atoms with Crippen LogP contribution in [-0.4, -0.2) is 111 Å². The highest BCUT2D eigenvalue weighted by Crippen LogP contribution is 2.28. The number of fused-ring (bicyclic) bond motifs is 1. The van der Waals surface area contributed by atoms with Gasteiger partial charge in [-0.3, -0.25) is 9.78 Å². The van der Waals surface area contributed by atoms with Gasteiger partial charge >= 0.3 is 30.5 Å². The lowest BCUT2D eigenvalue weighted by atomic mass is 10.0. The van der Waals surface area contributed by atoms with Gasteiger partial charge in [0.05, 0.1) is 31.0 Å². The number of anilines is 1. The zero-order valence-corrected chi connectivity index (χ0v) is 25.4. The zero-order valence-electron chi connectivity index (χ0n) is 25.4. The van der Waals surface area contributed by atoms with Crippen LogP contribution in [0.25, 0.3) is 10.9 Å². The number of alkyl halides is 2. The van der Waals surface area contributed by atoms with Crippen LogP contribution in [0.2, 0.25) is 0 Å². The number of hydrogen-bond donors (Lipinski definition) is 7. The minimum absolute atomic E-state index is 0.0567. The molecule has 48 heavy (non-hydrogen) atoms. The maximum Gasteiger partial charge on any atom is 0.414 e. The second-order valence-corrected chi connectivity index (χ2v) is 9.90. The Kier molecular flexibility index (Phi) is 15.5. The molecular weight excluding hydrogens is 646 g/mol. The fourth-order valence-corrected chi connectivity index (χ4v) is 4.43. The number of aliphatic carboxylic acids is 4. The summed E-state index contributed by atoms with van der Waals surface area (Å²) in [5, 5.41) is 47.2. The van der Waals surface area contributed by atoms with Crippen LogP contribution in [0, 0.1) is 0 Å². The molecule has 1 saturated heterocycles. The largest absolute Gasteiger partial charge is 0.497 e. The van der Waals surface area contributed by atoms with Crippen molar-refractivity contribution in [3.05, 3.63) is 60.3 Å². The summed E-state index contributed by atoms with van der Waals surface area (Å²) >= 11 is 0. The van der Waals surface area contributed by atoms with Crippen molar-refractivity contribution in [1.29, 1.82) is 0 Å². The Morgan fingerprint density at radius 1 is 0.938 bits per heavy atom. The molecule has 0 radical (unpaired) electrons. The molecule has 1 aliphatic rings. The Balaban J connectivity index is 0.000000570. The first kappa shape index (κ1) is 38.7. The predicted octanol–water partition coefficient (Wildman–Crippen LogP) is 1.88. The summed E-state index contributed by atoms with van der Waals surface area (Å²) in [6.45, 7) is -0.877. The van der Waals surface area contributed by atoms with Gasteiger partial charge in [-0.25, -0.2) is 19.2 Å². The number of aliphatic hydroxyl groups excluding tert-OH is 1. The first-order valence-electron chi connectivity index (χ1n) is 14.0. The number of methoxy groups -OCH3 is 1. The van der Waals surface area contributed by atoms with E-state index in [1.54, 1.807) is 25.4 Å². The zero-order chi connectivity index (χ0) is 35.8. The van der Waals surface area contributed by atoms with Gasteiger partial charge in [-0.2, -0.15) is 8.78 Å². The number of nitrogens with one attached hydrogen (secondary N) is 2. The van der Waals surface area contributed by atoms with E-state index >= 15 is 0 Å². The van der Waals surface area contributed by atoms with Crippen molar-refractivity contribution in [2.75, 3.05) is 38.6 Å². The number of piperidine rings is 1. The lowest BCUT2D eigenvalue weighted by Gasteiger charge is -2.33. The van der Waals surface area contributed by atoms with E-state index in [0.717, 1.165) is 42.4 Å². The van der Waals surface area contributed by atoms with E-state index in [4.69, 9.17) is 44.3 Å². The Morgan fingerprint density at radius 3 is 2.10 bits per heavy atom. The molecule has 1 aromatic heterocycles. The number of carboxylic acids is 4. The van der Waals surface area contributed by atoms with Crippen molar-refractivity contribution in [2.45, 2.75) is 31.6 Å². The normalized spacial score (nSPS) is 13.6. The van der Waals surface area contributed by atoms with E-state index in [1.807, 2.05) is 24.3 Å². The van der Waals surface area contributed by atoms with Crippen molar-refractivity contribution in [3.63, 3.8) is 0 Å². The van der Waals surface area contributed by atoms with E-state index in [-0.39, 0.29) is 29.9 Å². The lowest BCUT2D eigenvalue weighted by Crippen LogP contribution is -2.45. The van der Waals surface area contributed by atoms with Gasteiger partial charge in [-0.05, 0) is 67.9 Å². The Morgan fingerprint density at radius 2 is 1.54 bits per heavy atom. The minimum Gasteiger partial charge on any atom is -0.497 e. The second kappa shape index (κ2) is 19.3. The van der Waals surface area contributed by atoms with Gasteiger partial charge in [0.1, 0.15) is 11.5 Å². The molecule has 3 aromatic rings. The molecule has 2 aromatic carbocycles. The third-order valence-electron chi connectivity index (χ3n) is 6.65. The van der Waals surface area contributed by atoms with Gasteiger partial charge in [0.25, 0.3) is 0 Å². The highest BCUT2D eigenvalue weighted by molar-refractivity contribution is 6.27. The van der Waals surface area contributed by atoms with Crippen molar-refractivity contribution < 1.29 is 67.8 Å². The van der Waals surface area contributed by atoms with Crippen LogP contribution in [0.5, 0.6) is 11.5 Å². The van der Waals surface area contributed by atoms with Crippen LogP contribution in [0.1, 0.15) is 24.5 Å². The number of β-amino-alcohol motifs (C(OH)–C–C–N with tert-alkyl or cyclic N) is 1. The minimum atomic E-state index is -2.97. The third-order valence-corrected chi connectivity index (χ3v) is 6.65. The van der Waals surface area contributed by atoms with Crippen molar-refractivity contribution in [3.8, 4) is 11.5 Å². The molecular formula is C30H34F2N4O12. The standard InChI is InChI=1S/C26H30F2N4O4.2C2H2O4/c1-35-18-6-7-21-20(14-18)19(8-11-29-21)23(33)16-32-12-9-17(10-13-32)30-15-25(34)31-22-4-2-3-5-24(22)36-26(27)28;2*3-1(4)2(5)6/h2-8,11,14,17,23,26,30,33H,9-10,12-13,15-16H2,1H3,(H,31,34);2*(H,3,4)(H,5,6)/t23-;;/m0../s1. The number of nitrogens with zero attached hydrogens (tertiary/aromatic N) is 2. The van der Waals surface area contributed by atoms with Crippen LogP contribution in [0.3, 0.4) is 0 Å². The molecule has 0 bridgehead atoms. The van der Waals surface area contributed by atoms with Gasteiger partial charge in [0.2, 0.25) is 5.91 Å².